The van der Waals surface area contributed by atoms with Gasteiger partial charge in [0.05, 0.1) is 0 Å². The third-order valence-corrected chi connectivity index (χ3v) is 4.78. The number of hydrogen-bond donors (Lipinski definition) is 0. The van der Waals surface area contributed by atoms with Crippen LogP contribution in [0.4, 0.5) is 11.4 Å². The molecule has 1 spiro atoms. The highest BCUT2D eigenvalue weighted by atomic mass is 15.6. The van der Waals surface area contributed by atoms with Crippen LogP contribution in [0.5, 0.6) is 0 Å². The molecule has 0 radical (unpaired) electrons. The first-order valence-corrected chi connectivity index (χ1v) is 7.14. The van der Waals surface area contributed by atoms with Crippen molar-refractivity contribution >= 4 is 23.8 Å². The van der Waals surface area contributed by atoms with Gasteiger partial charge in [0.25, 0.3) is 11.4 Å². The summed E-state index contributed by atoms with van der Waals surface area (Å²) in [7, 11) is 0. The average Bonchev–Trinajstić information content (AvgIpc) is 3.23. The van der Waals surface area contributed by atoms with Crippen LogP contribution in [-0.4, -0.2) is 30.7 Å². The van der Waals surface area contributed by atoms with E-state index in [-0.39, 0.29) is 5.91 Å². The minimum atomic E-state index is -0.360. The smallest absolute Gasteiger partial charge is 0.200 e. The Labute approximate surface area is 121 Å². The minimum absolute atomic E-state index is 0.360. The van der Waals surface area contributed by atoms with Crippen LogP contribution in [0.3, 0.4) is 0 Å². The number of benzene rings is 1. The Kier molecular flexibility index (Phi) is 1.38. The number of fused-ring (bicyclic) bond motifs is 5. The molecule has 98 valence electrons. The fraction of sp³-hybridized carbons (Fsp3) is 0.0588. The zero-order chi connectivity index (χ0) is 13.6. The lowest BCUT2D eigenvalue weighted by atomic mass is 10.2. The SMILES string of the molecule is C1=[N+]2c3ccccc3[N+]3=Cc4cccn4C23n2cccc21. The highest BCUT2D eigenvalue weighted by Crippen LogP contribution is 2.50. The van der Waals surface area contributed by atoms with E-state index in [0.717, 1.165) is 0 Å². The number of para-hydroxylation sites is 2. The van der Waals surface area contributed by atoms with Crippen LogP contribution < -0.4 is 0 Å². The van der Waals surface area contributed by atoms with Crippen LogP contribution in [0, 0.1) is 0 Å². The lowest BCUT2D eigenvalue weighted by Gasteiger charge is -2.16. The van der Waals surface area contributed by atoms with Crippen LogP contribution in [0.25, 0.3) is 0 Å². The van der Waals surface area contributed by atoms with Crippen LogP contribution in [0.1, 0.15) is 11.4 Å². The summed E-state index contributed by atoms with van der Waals surface area (Å²) in [5, 5.41) is 0. The quantitative estimate of drug-likeness (QED) is 0.558. The molecule has 0 fully saturated rings. The monoisotopic (exact) mass is 272 g/mol. The Morgan fingerprint density at radius 3 is 1.71 bits per heavy atom. The normalized spacial score (nSPS) is 18.5. The van der Waals surface area contributed by atoms with Crippen LogP contribution in [0.15, 0.2) is 60.9 Å². The van der Waals surface area contributed by atoms with Crippen molar-refractivity contribution in [3.8, 4) is 0 Å². The van der Waals surface area contributed by atoms with Gasteiger partial charge in [0, 0.05) is 24.5 Å². The van der Waals surface area contributed by atoms with Crippen LogP contribution >= 0.6 is 0 Å². The summed E-state index contributed by atoms with van der Waals surface area (Å²) in [6.07, 6.45) is 8.80. The molecule has 4 heteroatoms. The van der Waals surface area contributed by atoms with Gasteiger partial charge in [-0.25, -0.2) is 9.13 Å². The van der Waals surface area contributed by atoms with Crippen LogP contribution in [-0.2, 0) is 5.91 Å². The summed E-state index contributed by atoms with van der Waals surface area (Å²) in [5.74, 6) is -0.360. The largest absolute Gasteiger partial charge is 0.552 e. The fourth-order valence-corrected chi connectivity index (χ4v) is 4.01. The molecule has 3 aliphatic heterocycles. The van der Waals surface area contributed by atoms with E-state index in [1.807, 2.05) is 0 Å². The van der Waals surface area contributed by atoms with Crippen molar-refractivity contribution in [2.75, 3.05) is 0 Å². The topological polar surface area (TPSA) is 15.9 Å². The van der Waals surface area contributed by atoms with Gasteiger partial charge >= 0.3 is 5.91 Å². The van der Waals surface area contributed by atoms with E-state index in [4.69, 9.17) is 0 Å². The Hall–Kier alpha value is -2.88. The van der Waals surface area contributed by atoms with Crippen molar-refractivity contribution in [2.24, 2.45) is 0 Å². The van der Waals surface area contributed by atoms with Gasteiger partial charge in [-0.1, -0.05) is 21.3 Å². The summed E-state index contributed by atoms with van der Waals surface area (Å²) in [6, 6.07) is 17.1. The minimum Gasteiger partial charge on any atom is -0.200 e. The van der Waals surface area contributed by atoms with Crippen molar-refractivity contribution in [1.29, 1.82) is 0 Å². The van der Waals surface area contributed by atoms with Gasteiger partial charge in [-0.3, -0.25) is 0 Å². The molecule has 0 saturated heterocycles. The zero-order valence-corrected chi connectivity index (χ0v) is 11.2. The summed E-state index contributed by atoms with van der Waals surface area (Å²) in [6.45, 7) is 0. The summed E-state index contributed by atoms with van der Waals surface area (Å²) >= 11 is 0. The molecule has 4 nitrogen and oxygen atoms in total. The lowest BCUT2D eigenvalue weighted by Crippen LogP contribution is -2.47. The van der Waals surface area contributed by atoms with E-state index in [1.54, 1.807) is 0 Å². The summed E-state index contributed by atoms with van der Waals surface area (Å²) < 4.78 is 9.40. The first-order valence-electron chi connectivity index (χ1n) is 7.14. The molecule has 0 saturated carbocycles. The zero-order valence-electron chi connectivity index (χ0n) is 11.2. The molecule has 0 amide bonds. The van der Waals surface area contributed by atoms with E-state index < -0.39 is 0 Å². The average molecular weight is 272 g/mol. The van der Waals surface area contributed by atoms with E-state index >= 15 is 0 Å². The number of aromatic nitrogens is 2. The first kappa shape index (κ1) is 9.94. The highest BCUT2D eigenvalue weighted by Gasteiger charge is 2.71. The molecule has 0 aliphatic carbocycles. The van der Waals surface area contributed by atoms with Gasteiger partial charge in [0.2, 0.25) is 12.4 Å². The summed E-state index contributed by atoms with van der Waals surface area (Å²) in [5.41, 5.74) is 4.95. The maximum absolute atomic E-state index is 2.37. The Morgan fingerprint density at radius 1 is 0.667 bits per heavy atom. The predicted octanol–water partition coefficient (Wildman–Crippen LogP) is 2.27. The Balaban J connectivity index is 1.86. The lowest BCUT2D eigenvalue weighted by molar-refractivity contribution is -0.769. The molecular weight excluding hydrogens is 260 g/mol. The molecule has 3 aromatic rings. The van der Waals surface area contributed by atoms with Crippen molar-refractivity contribution in [3.63, 3.8) is 0 Å². The molecular formula is C17H12N4+2. The molecule has 21 heavy (non-hydrogen) atoms. The highest BCUT2D eigenvalue weighted by molar-refractivity contribution is 5.82. The second-order valence-electron chi connectivity index (χ2n) is 5.69. The predicted molar refractivity (Wildman–Crippen MR) is 78.9 cm³/mol. The molecule has 3 aliphatic rings. The fourth-order valence-electron chi connectivity index (χ4n) is 4.01. The van der Waals surface area contributed by atoms with E-state index in [2.05, 4.69) is 91.6 Å². The van der Waals surface area contributed by atoms with Gasteiger partial charge in [0.15, 0.2) is 0 Å². The molecule has 6 rings (SSSR count). The molecule has 0 N–H and O–H groups in total. The maximum atomic E-state index is 2.37. The first-order chi connectivity index (χ1) is 10.4. The van der Waals surface area contributed by atoms with Crippen LogP contribution in [0.2, 0.25) is 0 Å². The van der Waals surface area contributed by atoms with E-state index in [0.29, 0.717) is 0 Å². The second kappa shape index (κ2) is 2.91. The summed E-state index contributed by atoms with van der Waals surface area (Å²) in [4.78, 5) is 0. The van der Waals surface area contributed by atoms with Gasteiger partial charge in [0.1, 0.15) is 11.4 Å². The Morgan fingerprint density at radius 2 is 1.19 bits per heavy atom. The number of rotatable bonds is 0. The Bertz CT molecular complexity index is 918. The number of nitrogens with zero attached hydrogens (tertiary/aromatic N) is 4. The van der Waals surface area contributed by atoms with Gasteiger partial charge in [-0.05, 0) is 24.3 Å². The third kappa shape index (κ3) is 0.843. The van der Waals surface area contributed by atoms with E-state index in [9.17, 15) is 0 Å². The molecule has 0 atom stereocenters. The molecule has 0 unspecified atom stereocenters. The number of hydrogen-bond acceptors (Lipinski definition) is 0. The molecule has 5 heterocycles. The van der Waals surface area contributed by atoms with Crippen molar-refractivity contribution in [1.82, 2.24) is 9.13 Å². The molecule has 1 aromatic carbocycles. The van der Waals surface area contributed by atoms with Crippen molar-refractivity contribution in [2.45, 2.75) is 5.91 Å². The van der Waals surface area contributed by atoms with E-state index in [1.165, 1.54) is 22.8 Å². The second-order valence-corrected chi connectivity index (χ2v) is 5.69. The van der Waals surface area contributed by atoms with Crippen molar-refractivity contribution in [3.05, 3.63) is 72.3 Å². The van der Waals surface area contributed by atoms with Gasteiger partial charge in [-0.2, -0.15) is 0 Å². The van der Waals surface area contributed by atoms with Gasteiger partial charge in [-0.15, -0.1) is 0 Å². The standard InChI is InChI=1S/C17H12N4/c1-2-8-16-15(7-1)20-11-13-5-3-9-18(13)17(20)19-10-4-6-14(19)12-21(16)17/h1-12H/q+2. The maximum Gasteiger partial charge on any atom is 0.552 e. The third-order valence-electron chi connectivity index (χ3n) is 4.78. The van der Waals surface area contributed by atoms with Gasteiger partial charge < -0.3 is 0 Å². The molecule has 2 aromatic heterocycles. The molecule has 0 bridgehead atoms. The van der Waals surface area contributed by atoms with Crippen molar-refractivity contribution < 1.29 is 9.15 Å².